The minimum Gasteiger partial charge on any atom is -0.339 e. The molecule has 0 aromatic heterocycles. The SMILES string of the molecule is O=C(c1cccc2ccccc12)N1CCC(NCCc2ccccc2)CC1. The fourth-order valence-corrected chi connectivity index (χ4v) is 3.93. The molecule has 0 radical (unpaired) electrons. The molecule has 27 heavy (non-hydrogen) atoms. The van der Waals surface area contributed by atoms with Crippen LogP contribution >= 0.6 is 0 Å². The number of rotatable bonds is 5. The van der Waals surface area contributed by atoms with Crippen LogP contribution in [0.5, 0.6) is 0 Å². The summed E-state index contributed by atoms with van der Waals surface area (Å²) in [5.41, 5.74) is 2.19. The number of carbonyl (C=O) groups is 1. The number of piperidine rings is 1. The predicted molar refractivity (Wildman–Crippen MR) is 111 cm³/mol. The molecule has 0 spiro atoms. The maximum Gasteiger partial charge on any atom is 0.254 e. The van der Waals surface area contributed by atoms with Crippen LogP contribution < -0.4 is 5.32 Å². The number of carbonyl (C=O) groups excluding carboxylic acids is 1. The largest absolute Gasteiger partial charge is 0.339 e. The van der Waals surface area contributed by atoms with Gasteiger partial charge in [0.25, 0.3) is 5.91 Å². The van der Waals surface area contributed by atoms with Crippen LogP contribution in [0, 0.1) is 0 Å². The monoisotopic (exact) mass is 358 g/mol. The van der Waals surface area contributed by atoms with Gasteiger partial charge < -0.3 is 10.2 Å². The van der Waals surface area contributed by atoms with Gasteiger partial charge >= 0.3 is 0 Å². The molecule has 0 unspecified atom stereocenters. The first-order valence-corrected chi connectivity index (χ1v) is 9.85. The van der Waals surface area contributed by atoms with Crippen LogP contribution in [0.25, 0.3) is 10.8 Å². The minimum absolute atomic E-state index is 0.162. The van der Waals surface area contributed by atoms with Crippen LogP contribution in [0.3, 0.4) is 0 Å². The Bertz CT molecular complexity index is 893. The summed E-state index contributed by atoms with van der Waals surface area (Å²) >= 11 is 0. The topological polar surface area (TPSA) is 32.3 Å². The number of likely N-dealkylation sites (tertiary alicyclic amines) is 1. The van der Waals surface area contributed by atoms with Crippen LogP contribution in [-0.4, -0.2) is 36.5 Å². The van der Waals surface area contributed by atoms with E-state index >= 15 is 0 Å². The third kappa shape index (κ3) is 4.20. The van der Waals surface area contributed by atoms with E-state index in [0.29, 0.717) is 6.04 Å². The van der Waals surface area contributed by atoms with Gasteiger partial charge in [-0.3, -0.25) is 4.79 Å². The van der Waals surface area contributed by atoms with Crippen molar-refractivity contribution in [3.63, 3.8) is 0 Å². The van der Waals surface area contributed by atoms with Gasteiger partial charge in [-0.05, 0) is 48.2 Å². The Morgan fingerprint density at radius 2 is 1.59 bits per heavy atom. The Morgan fingerprint density at radius 1 is 0.889 bits per heavy atom. The molecule has 0 saturated carbocycles. The van der Waals surface area contributed by atoms with E-state index in [9.17, 15) is 4.79 Å². The summed E-state index contributed by atoms with van der Waals surface area (Å²) < 4.78 is 0. The molecule has 1 heterocycles. The zero-order chi connectivity index (χ0) is 18.5. The molecule has 138 valence electrons. The van der Waals surface area contributed by atoms with Crippen molar-refractivity contribution in [1.82, 2.24) is 10.2 Å². The van der Waals surface area contributed by atoms with Crippen LogP contribution in [-0.2, 0) is 6.42 Å². The van der Waals surface area contributed by atoms with Gasteiger partial charge in [0.1, 0.15) is 0 Å². The lowest BCUT2D eigenvalue weighted by Gasteiger charge is -2.33. The molecule has 0 aliphatic carbocycles. The Balaban J connectivity index is 1.31. The molecule has 4 rings (SSSR count). The maximum absolute atomic E-state index is 13.0. The van der Waals surface area contributed by atoms with E-state index in [1.54, 1.807) is 0 Å². The lowest BCUT2D eigenvalue weighted by atomic mass is 10.0. The molecule has 1 N–H and O–H groups in total. The summed E-state index contributed by atoms with van der Waals surface area (Å²) in [5, 5.41) is 5.84. The van der Waals surface area contributed by atoms with E-state index in [1.807, 2.05) is 35.2 Å². The summed E-state index contributed by atoms with van der Waals surface area (Å²) in [6.07, 6.45) is 3.09. The van der Waals surface area contributed by atoms with Gasteiger partial charge in [0.2, 0.25) is 0 Å². The zero-order valence-corrected chi connectivity index (χ0v) is 15.6. The molecular formula is C24H26N2O. The van der Waals surface area contributed by atoms with Gasteiger partial charge in [-0.1, -0.05) is 66.7 Å². The number of hydrogen-bond acceptors (Lipinski definition) is 2. The van der Waals surface area contributed by atoms with E-state index in [2.05, 4.69) is 47.8 Å². The first-order chi connectivity index (χ1) is 13.3. The average Bonchev–Trinajstić information content (AvgIpc) is 2.74. The standard InChI is InChI=1S/C24H26N2O/c27-24(23-12-6-10-20-9-4-5-11-22(20)23)26-17-14-21(15-18-26)25-16-13-19-7-2-1-3-8-19/h1-12,21,25H,13-18H2. The van der Waals surface area contributed by atoms with E-state index in [4.69, 9.17) is 0 Å². The smallest absolute Gasteiger partial charge is 0.254 e. The number of amides is 1. The Morgan fingerprint density at radius 3 is 2.41 bits per heavy atom. The van der Waals surface area contributed by atoms with Gasteiger partial charge in [0, 0.05) is 24.7 Å². The second-order valence-corrected chi connectivity index (χ2v) is 7.28. The van der Waals surface area contributed by atoms with Crippen molar-refractivity contribution in [1.29, 1.82) is 0 Å². The summed E-state index contributed by atoms with van der Waals surface area (Å²) in [6.45, 7) is 2.64. The van der Waals surface area contributed by atoms with Crippen LogP contribution in [0.4, 0.5) is 0 Å². The van der Waals surface area contributed by atoms with Crippen molar-refractivity contribution in [2.24, 2.45) is 0 Å². The van der Waals surface area contributed by atoms with E-state index in [0.717, 1.165) is 55.2 Å². The summed E-state index contributed by atoms with van der Waals surface area (Å²) in [4.78, 5) is 15.0. The van der Waals surface area contributed by atoms with Crippen molar-refractivity contribution in [3.05, 3.63) is 83.9 Å². The highest BCUT2D eigenvalue weighted by Gasteiger charge is 2.24. The quantitative estimate of drug-likeness (QED) is 0.738. The van der Waals surface area contributed by atoms with Crippen LogP contribution in [0.2, 0.25) is 0 Å². The summed E-state index contributed by atoms with van der Waals surface area (Å²) in [7, 11) is 0. The normalized spacial score (nSPS) is 15.2. The Kier molecular flexibility index (Phi) is 5.50. The van der Waals surface area contributed by atoms with Gasteiger partial charge in [0.05, 0.1) is 0 Å². The van der Waals surface area contributed by atoms with Gasteiger partial charge in [-0.2, -0.15) is 0 Å². The molecule has 3 aromatic carbocycles. The molecule has 1 saturated heterocycles. The number of benzene rings is 3. The number of fused-ring (bicyclic) bond motifs is 1. The van der Waals surface area contributed by atoms with Crippen LogP contribution in [0.1, 0.15) is 28.8 Å². The van der Waals surface area contributed by atoms with Gasteiger partial charge in [-0.25, -0.2) is 0 Å². The first-order valence-electron chi connectivity index (χ1n) is 9.85. The number of nitrogens with zero attached hydrogens (tertiary/aromatic N) is 1. The third-order valence-electron chi connectivity index (χ3n) is 5.49. The number of nitrogens with one attached hydrogen (secondary N) is 1. The zero-order valence-electron chi connectivity index (χ0n) is 15.6. The highest BCUT2D eigenvalue weighted by molar-refractivity contribution is 6.07. The molecule has 0 atom stereocenters. The summed E-state index contributed by atoms with van der Waals surface area (Å²) in [5.74, 6) is 0.162. The lowest BCUT2D eigenvalue weighted by Crippen LogP contribution is -2.45. The molecule has 3 nitrogen and oxygen atoms in total. The molecular weight excluding hydrogens is 332 g/mol. The van der Waals surface area contributed by atoms with E-state index in [-0.39, 0.29) is 5.91 Å². The molecule has 1 aliphatic rings. The minimum atomic E-state index is 0.162. The predicted octanol–water partition coefficient (Wildman–Crippen LogP) is 4.28. The van der Waals surface area contributed by atoms with Crippen molar-refractivity contribution in [2.45, 2.75) is 25.3 Å². The molecule has 3 heteroatoms. The van der Waals surface area contributed by atoms with Crippen molar-refractivity contribution in [3.8, 4) is 0 Å². The fourth-order valence-electron chi connectivity index (χ4n) is 3.93. The Labute approximate surface area is 161 Å². The third-order valence-corrected chi connectivity index (χ3v) is 5.49. The van der Waals surface area contributed by atoms with Gasteiger partial charge in [0.15, 0.2) is 0 Å². The second-order valence-electron chi connectivity index (χ2n) is 7.28. The highest BCUT2D eigenvalue weighted by Crippen LogP contribution is 2.22. The second kappa shape index (κ2) is 8.36. The van der Waals surface area contributed by atoms with Crippen molar-refractivity contribution in [2.75, 3.05) is 19.6 Å². The molecule has 1 fully saturated rings. The molecule has 0 bridgehead atoms. The lowest BCUT2D eigenvalue weighted by molar-refractivity contribution is 0.0707. The highest BCUT2D eigenvalue weighted by atomic mass is 16.2. The molecule has 3 aromatic rings. The van der Waals surface area contributed by atoms with Crippen molar-refractivity contribution < 1.29 is 4.79 Å². The molecule has 1 amide bonds. The maximum atomic E-state index is 13.0. The van der Waals surface area contributed by atoms with Gasteiger partial charge in [-0.15, -0.1) is 0 Å². The van der Waals surface area contributed by atoms with E-state index in [1.165, 1.54) is 5.56 Å². The molecule has 1 aliphatic heterocycles. The Hall–Kier alpha value is -2.65. The fraction of sp³-hybridized carbons (Fsp3) is 0.292. The van der Waals surface area contributed by atoms with Crippen molar-refractivity contribution >= 4 is 16.7 Å². The first kappa shape index (κ1) is 17.7. The van der Waals surface area contributed by atoms with Crippen LogP contribution in [0.15, 0.2) is 72.8 Å². The number of hydrogen-bond donors (Lipinski definition) is 1. The summed E-state index contributed by atoms with van der Waals surface area (Å²) in [6, 6.07) is 25.2. The average molecular weight is 358 g/mol. The van der Waals surface area contributed by atoms with E-state index < -0.39 is 0 Å².